The van der Waals surface area contributed by atoms with E-state index in [-0.39, 0.29) is 5.97 Å². The van der Waals surface area contributed by atoms with Crippen LogP contribution in [0.3, 0.4) is 0 Å². The molecular formula is C31H27N5O2. The molecule has 0 spiro atoms. The normalized spacial score (nSPS) is 9.95. The Morgan fingerprint density at radius 1 is 0.632 bits per heavy atom. The summed E-state index contributed by atoms with van der Waals surface area (Å²) in [5.74, 6) is -0.386. The highest BCUT2D eigenvalue weighted by atomic mass is 16.7. The largest absolute Gasteiger partial charge is 0.344 e. The van der Waals surface area contributed by atoms with E-state index >= 15 is 0 Å². The zero-order valence-electron chi connectivity index (χ0n) is 21.3. The Kier molecular flexibility index (Phi) is 9.08. The molecule has 188 valence electrons. The first-order valence-corrected chi connectivity index (χ1v) is 12.1. The Morgan fingerprint density at radius 3 is 1.37 bits per heavy atom. The van der Waals surface area contributed by atoms with Crippen molar-refractivity contribution < 1.29 is 9.63 Å². The molecule has 0 unspecified atom stereocenters. The van der Waals surface area contributed by atoms with Gasteiger partial charge in [-0.25, -0.2) is 10.5 Å². The molecule has 0 fully saturated rings. The highest BCUT2D eigenvalue weighted by Gasteiger charge is 2.00. The van der Waals surface area contributed by atoms with Gasteiger partial charge in [0.15, 0.2) is 0 Å². The average molecular weight is 502 g/mol. The molecule has 38 heavy (non-hydrogen) atoms. The minimum absolute atomic E-state index is 0.386. The number of aliphatic imine (C=N–C) groups is 4. The number of nitrogens with zero attached hydrogens (tertiary/aromatic N) is 4. The number of rotatable bonds is 9. The predicted octanol–water partition coefficient (Wildman–Crippen LogP) is 7.33. The summed E-state index contributed by atoms with van der Waals surface area (Å²) in [5, 5.41) is 0. The van der Waals surface area contributed by atoms with Crippen LogP contribution in [-0.2, 0) is 22.5 Å². The molecule has 0 bridgehead atoms. The number of carbonyl (C=O) groups is 1. The molecule has 4 aromatic rings. The number of carbonyl (C=O) groups excluding carboxylic acids is 1. The summed E-state index contributed by atoms with van der Waals surface area (Å²) < 4.78 is 0. The lowest BCUT2D eigenvalue weighted by molar-refractivity contribution is -0.138. The maximum atomic E-state index is 10.9. The van der Waals surface area contributed by atoms with Crippen molar-refractivity contribution in [3.8, 4) is 0 Å². The fourth-order valence-electron chi connectivity index (χ4n) is 3.61. The van der Waals surface area contributed by atoms with Crippen molar-refractivity contribution >= 4 is 40.7 Å². The highest BCUT2D eigenvalue weighted by molar-refractivity contribution is 5.67. The Balaban J connectivity index is 1.30. The summed E-state index contributed by atoms with van der Waals surface area (Å²) >= 11 is 0. The van der Waals surface area contributed by atoms with Crippen LogP contribution in [-0.4, -0.2) is 25.0 Å². The first-order valence-electron chi connectivity index (χ1n) is 12.1. The lowest BCUT2D eigenvalue weighted by Gasteiger charge is -2.06. The van der Waals surface area contributed by atoms with E-state index in [0.717, 1.165) is 46.7 Å². The Hall–Kier alpha value is -5.09. The SMILES string of the molecule is CN=C=Nc1ccc(Cc2ccc(N=C=Nc3ccc(Cc4ccc(NOC(C)=O)cc4)cc3)cc2)cc1. The maximum Gasteiger partial charge on any atom is 0.329 e. The van der Waals surface area contributed by atoms with Gasteiger partial charge in [-0.1, -0.05) is 48.5 Å². The summed E-state index contributed by atoms with van der Waals surface area (Å²) in [4.78, 5) is 32.2. The zero-order valence-corrected chi connectivity index (χ0v) is 21.3. The van der Waals surface area contributed by atoms with E-state index in [0.29, 0.717) is 0 Å². The van der Waals surface area contributed by atoms with Crippen LogP contribution in [0.4, 0.5) is 22.7 Å². The van der Waals surface area contributed by atoms with E-state index in [2.05, 4.69) is 61.7 Å². The van der Waals surface area contributed by atoms with E-state index in [9.17, 15) is 4.79 Å². The Bertz CT molecular complexity index is 1480. The number of nitrogens with one attached hydrogen (secondary N) is 1. The second-order valence-corrected chi connectivity index (χ2v) is 8.50. The third-order valence-corrected chi connectivity index (χ3v) is 5.53. The Morgan fingerprint density at radius 2 is 1.00 bits per heavy atom. The van der Waals surface area contributed by atoms with Gasteiger partial charge >= 0.3 is 5.97 Å². The highest BCUT2D eigenvalue weighted by Crippen LogP contribution is 2.19. The molecule has 7 nitrogen and oxygen atoms in total. The van der Waals surface area contributed by atoms with Gasteiger partial charge in [-0.2, -0.15) is 15.0 Å². The van der Waals surface area contributed by atoms with Gasteiger partial charge in [0.2, 0.25) is 0 Å². The first kappa shape index (κ1) is 26.0. The second-order valence-electron chi connectivity index (χ2n) is 8.50. The molecule has 0 aliphatic rings. The average Bonchev–Trinajstić information content (AvgIpc) is 2.94. The summed E-state index contributed by atoms with van der Waals surface area (Å²) in [6.07, 6.45) is 1.61. The number of anilines is 1. The molecular weight excluding hydrogens is 474 g/mol. The van der Waals surface area contributed by atoms with Crippen LogP contribution in [0.15, 0.2) is 117 Å². The van der Waals surface area contributed by atoms with Crippen molar-refractivity contribution in [1.29, 1.82) is 0 Å². The van der Waals surface area contributed by atoms with Crippen molar-refractivity contribution in [2.24, 2.45) is 20.0 Å². The lowest BCUT2D eigenvalue weighted by atomic mass is 10.0. The number of hydrogen-bond donors (Lipinski definition) is 1. The van der Waals surface area contributed by atoms with E-state index in [1.165, 1.54) is 18.1 Å². The molecule has 0 aliphatic heterocycles. The van der Waals surface area contributed by atoms with E-state index < -0.39 is 0 Å². The summed E-state index contributed by atoms with van der Waals surface area (Å²) in [7, 11) is 1.65. The van der Waals surface area contributed by atoms with Gasteiger partial charge in [0.1, 0.15) is 6.01 Å². The summed E-state index contributed by atoms with van der Waals surface area (Å²) in [5.41, 5.74) is 10.4. The van der Waals surface area contributed by atoms with Crippen molar-refractivity contribution in [3.63, 3.8) is 0 Å². The number of benzene rings is 4. The fraction of sp³-hybridized carbons (Fsp3) is 0.129. The topological polar surface area (TPSA) is 87.8 Å². The van der Waals surface area contributed by atoms with Crippen molar-refractivity contribution in [3.05, 3.63) is 119 Å². The van der Waals surface area contributed by atoms with Gasteiger partial charge in [0.05, 0.1) is 28.8 Å². The van der Waals surface area contributed by atoms with Crippen LogP contribution in [0.1, 0.15) is 29.2 Å². The first-order chi connectivity index (χ1) is 18.6. The van der Waals surface area contributed by atoms with Gasteiger partial charge in [0, 0.05) is 14.0 Å². The third kappa shape index (κ3) is 8.25. The quantitative estimate of drug-likeness (QED) is 0.192. The van der Waals surface area contributed by atoms with E-state index in [1.807, 2.05) is 72.8 Å². The van der Waals surface area contributed by atoms with Gasteiger partial charge in [-0.3, -0.25) is 4.79 Å². The molecule has 0 radical (unpaired) electrons. The van der Waals surface area contributed by atoms with Crippen LogP contribution < -0.4 is 5.48 Å². The summed E-state index contributed by atoms with van der Waals surface area (Å²) in [6, 6.07) is 37.2. The van der Waals surface area contributed by atoms with Gasteiger partial charge in [-0.15, -0.1) is 0 Å². The molecule has 0 aromatic heterocycles. The van der Waals surface area contributed by atoms with Crippen LogP contribution in [0, 0.1) is 0 Å². The van der Waals surface area contributed by atoms with E-state index in [4.69, 9.17) is 4.84 Å². The monoisotopic (exact) mass is 501 g/mol. The van der Waals surface area contributed by atoms with Crippen LogP contribution in [0.5, 0.6) is 0 Å². The minimum Gasteiger partial charge on any atom is -0.344 e. The molecule has 4 aromatic carbocycles. The van der Waals surface area contributed by atoms with Crippen LogP contribution in [0.2, 0.25) is 0 Å². The molecule has 1 N–H and O–H groups in total. The van der Waals surface area contributed by atoms with Gasteiger partial charge < -0.3 is 4.84 Å². The smallest absolute Gasteiger partial charge is 0.329 e. The third-order valence-electron chi connectivity index (χ3n) is 5.53. The number of hydrogen-bond acceptors (Lipinski definition) is 7. The van der Waals surface area contributed by atoms with Crippen LogP contribution in [0.25, 0.3) is 0 Å². The summed E-state index contributed by atoms with van der Waals surface area (Å²) in [6.45, 7) is 1.35. The maximum absolute atomic E-state index is 10.9. The molecule has 0 amide bonds. The molecule has 0 heterocycles. The van der Waals surface area contributed by atoms with Crippen molar-refractivity contribution in [1.82, 2.24) is 0 Å². The molecule has 0 aliphatic carbocycles. The zero-order chi connectivity index (χ0) is 26.6. The van der Waals surface area contributed by atoms with Gasteiger partial charge in [-0.05, 0) is 83.6 Å². The second kappa shape index (κ2) is 13.3. The van der Waals surface area contributed by atoms with Crippen LogP contribution >= 0.6 is 0 Å². The minimum atomic E-state index is -0.386. The molecule has 4 rings (SSSR count). The standard InChI is InChI=1S/C31H27N5O2/c1-23(37)38-36-31-17-9-27(10-18-31)20-26-7-15-30(16-8-26)35-22-34-29-13-5-25(6-14-29)19-24-3-11-28(12-4-24)33-21-32-2/h3-18,36H,19-20H2,1-2H3. The fourth-order valence-corrected chi connectivity index (χ4v) is 3.61. The lowest BCUT2D eigenvalue weighted by Crippen LogP contribution is -2.05. The van der Waals surface area contributed by atoms with Crippen molar-refractivity contribution in [2.45, 2.75) is 19.8 Å². The van der Waals surface area contributed by atoms with Gasteiger partial charge in [0.25, 0.3) is 0 Å². The Labute approximate surface area is 222 Å². The molecule has 0 saturated carbocycles. The van der Waals surface area contributed by atoms with Crippen molar-refractivity contribution in [2.75, 3.05) is 12.5 Å². The molecule has 0 saturated heterocycles. The predicted molar refractivity (Wildman–Crippen MR) is 151 cm³/mol. The van der Waals surface area contributed by atoms with E-state index in [1.54, 1.807) is 7.05 Å². The molecule has 0 atom stereocenters. The molecule has 7 heteroatoms.